The Bertz CT molecular complexity index is 609. The van der Waals surface area contributed by atoms with Crippen LogP contribution in [-0.2, 0) is 4.74 Å². The smallest absolute Gasteiger partial charge is 0.415 e. The number of nitrogens with zero attached hydrogens (tertiary/aromatic N) is 2. The molecule has 0 saturated heterocycles. The van der Waals surface area contributed by atoms with Crippen molar-refractivity contribution >= 4 is 58.2 Å². The molecule has 1 amide bonds. The molecule has 1 aliphatic heterocycles. The molecule has 1 unspecified atom stereocenters. The maximum atomic E-state index is 12.4. The van der Waals surface area contributed by atoms with Crippen molar-refractivity contribution < 1.29 is 9.53 Å². The minimum absolute atomic E-state index is 0.291. The summed E-state index contributed by atoms with van der Waals surface area (Å²) in [6.07, 6.45) is 1.37. The van der Waals surface area contributed by atoms with E-state index in [0.29, 0.717) is 33.2 Å². The molecule has 0 saturated carbocycles. The summed E-state index contributed by atoms with van der Waals surface area (Å²) in [7, 11) is 0. The van der Waals surface area contributed by atoms with Crippen LogP contribution >= 0.6 is 35.6 Å². The van der Waals surface area contributed by atoms with Crippen LogP contribution in [0.4, 0.5) is 16.3 Å². The van der Waals surface area contributed by atoms with Gasteiger partial charge in [0.15, 0.2) is 5.82 Å². The maximum absolute atomic E-state index is 12.4. The Balaban J connectivity index is 2.48. The molecule has 0 spiro atoms. The fourth-order valence-electron chi connectivity index (χ4n) is 1.91. The van der Waals surface area contributed by atoms with Crippen LogP contribution in [-0.4, -0.2) is 34.1 Å². The molecule has 1 aromatic rings. The summed E-state index contributed by atoms with van der Waals surface area (Å²) >= 11 is 12.9. The van der Waals surface area contributed by atoms with Gasteiger partial charge in [0.2, 0.25) is 0 Å². The van der Waals surface area contributed by atoms with Gasteiger partial charge in [-0.05, 0) is 25.3 Å². The topological polar surface area (TPSA) is 54.5 Å². The summed E-state index contributed by atoms with van der Waals surface area (Å²) in [5.41, 5.74) is 0.625. The quantitative estimate of drug-likeness (QED) is 0.513. The number of amides is 1. The number of hydrogen-bond acceptors (Lipinski definition) is 5. The lowest BCUT2D eigenvalue weighted by atomic mass is 10.2. The molecule has 0 fully saturated rings. The third kappa shape index (κ3) is 3.48. The van der Waals surface area contributed by atoms with Gasteiger partial charge in [-0.2, -0.15) is 11.8 Å². The first-order valence-corrected chi connectivity index (χ1v) is 8.25. The van der Waals surface area contributed by atoms with Crippen molar-refractivity contribution in [2.45, 2.75) is 13.0 Å². The monoisotopic (exact) mass is 343 g/mol. The third-order valence-corrected chi connectivity index (χ3v) is 3.96. The molecular weight excluding hydrogens is 330 g/mol. The van der Waals surface area contributed by atoms with Gasteiger partial charge >= 0.3 is 6.09 Å². The molecule has 0 bridgehead atoms. The standard InChI is InChI=1S/C13H14ClN3O2S2/c1-7(2)19-13(18)17-9(6-21-3)12(20)15-8-4-5-10(14)16-11(8)17/h4-5,9H,1,6H2,2-3H3,(H,15,20). The molecule has 21 heavy (non-hydrogen) atoms. The van der Waals surface area contributed by atoms with Crippen molar-refractivity contribution in [3.05, 3.63) is 29.6 Å². The predicted molar refractivity (Wildman–Crippen MR) is 91.4 cm³/mol. The van der Waals surface area contributed by atoms with Gasteiger partial charge < -0.3 is 10.1 Å². The number of aromatic nitrogens is 1. The van der Waals surface area contributed by atoms with Gasteiger partial charge in [0.05, 0.1) is 11.4 Å². The summed E-state index contributed by atoms with van der Waals surface area (Å²) in [6, 6.07) is 3.01. The maximum Gasteiger partial charge on any atom is 0.421 e. The number of hydrogen-bond donors (Lipinski definition) is 1. The van der Waals surface area contributed by atoms with Crippen LogP contribution in [0.3, 0.4) is 0 Å². The lowest BCUT2D eigenvalue weighted by Gasteiger charge is -2.36. The summed E-state index contributed by atoms with van der Waals surface area (Å²) < 4.78 is 5.12. The minimum Gasteiger partial charge on any atom is -0.415 e. The predicted octanol–water partition coefficient (Wildman–Crippen LogP) is 3.70. The first kappa shape index (κ1) is 16.1. The van der Waals surface area contributed by atoms with Crippen molar-refractivity contribution in [1.82, 2.24) is 4.98 Å². The number of allylic oxidation sites excluding steroid dienone is 1. The average Bonchev–Trinajstić information content (AvgIpc) is 2.39. The van der Waals surface area contributed by atoms with Crippen molar-refractivity contribution in [2.75, 3.05) is 22.2 Å². The highest BCUT2D eigenvalue weighted by Gasteiger charge is 2.36. The lowest BCUT2D eigenvalue weighted by Crippen LogP contribution is -2.52. The summed E-state index contributed by atoms with van der Waals surface area (Å²) in [5.74, 6) is 1.32. The third-order valence-electron chi connectivity index (χ3n) is 2.72. The largest absolute Gasteiger partial charge is 0.421 e. The number of halogens is 1. The van der Waals surface area contributed by atoms with Gasteiger partial charge in [-0.25, -0.2) is 14.7 Å². The van der Waals surface area contributed by atoms with Crippen LogP contribution in [0.2, 0.25) is 5.15 Å². The number of rotatable bonds is 3. The van der Waals surface area contributed by atoms with Crippen molar-refractivity contribution in [1.29, 1.82) is 0 Å². The molecule has 5 nitrogen and oxygen atoms in total. The van der Waals surface area contributed by atoms with Crippen molar-refractivity contribution in [2.24, 2.45) is 0 Å². The Morgan fingerprint density at radius 2 is 2.38 bits per heavy atom. The van der Waals surface area contributed by atoms with Gasteiger partial charge in [-0.15, -0.1) is 0 Å². The van der Waals surface area contributed by atoms with Crippen LogP contribution in [0.5, 0.6) is 0 Å². The van der Waals surface area contributed by atoms with Gasteiger partial charge in [0.1, 0.15) is 16.2 Å². The van der Waals surface area contributed by atoms with E-state index in [2.05, 4.69) is 16.9 Å². The lowest BCUT2D eigenvalue weighted by molar-refractivity contribution is 0.183. The van der Waals surface area contributed by atoms with E-state index in [9.17, 15) is 4.79 Å². The van der Waals surface area contributed by atoms with Crippen LogP contribution in [0.25, 0.3) is 0 Å². The number of carbonyl (C=O) groups is 1. The van der Waals surface area contributed by atoms with Crippen LogP contribution in [0.1, 0.15) is 6.92 Å². The van der Waals surface area contributed by atoms with Gasteiger partial charge in [0, 0.05) is 5.75 Å². The SMILES string of the molecule is C=C(C)OC(=O)N1c2nc(Cl)ccc2NC(=S)C1CSC. The molecule has 0 aromatic carbocycles. The number of nitrogens with one attached hydrogen (secondary N) is 1. The van der Waals surface area contributed by atoms with E-state index >= 15 is 0 Å². The Labute approximate surface area is 137 Å². The highest BCUT2D eigenvalue weighted by atomic mass is 35.5. The van der Waals surface area contributed by atoms with E-state index in [-0.39, 0.29) is 6.04 Å². The number of pyridine rings is 1. The molecule has 0 radical (unpaired) electrons. The fourth-order valence-corrected chi connectivity index (χ4v) is 3.09. The number of thioether (sulfide) groups is 1. The number of ether oxygens (including phenoxy) is 1. The van der Waals surface area contributed by atoms with E-state index in [1.165, 1.54) is 4.90 Å². The molecule has 1 aliphatic rings. The van der Waals surface area contributed by atoms with Crippen LogP contribution in [0, 0.1) is 0 Å². The first-order valence-electron chi connectivity index (χ1n) is 6.07. The Hall–Kier alpha value is -1.31. The summed E-state index contributed by atoms with van der Waals surface area (Å²) in [6.45, 7) is 5.19. The van der Waals surface area contributed by atoms with Gasteiger partial charge in [0.25, 0.3) is 0 Å². The second kappa shape index (κ2) is 6.64. The Kier molecular flexibility index (Phi) is 5.08. The zero-order valence-electron chi connectivity index (χ0n) is 11.6. The molecule has 1 aromatic heterocycles. The molecular formula is C13H14ClN3O2S2. The molecule has 0 aliphatic carbocycles. The minimum atomic E-state index is -0.568. The number of thiocarbonyl (C=S) groups is 1. The van der Waals surface area contributed by atoms with E-state index in [1.807, 2.05) is 6.26 Å². The highest BCUT2D eigenvalue weighted by Crippen LogP contribution is 2.33. The zero-order valence-corrected chi connectivity index (χ0v) is 13.9. The van der Waals surface area contributed by atoms with E-state index in [0.717, 1.165) is 0 Å². The second-order valence-electron chi connectivity index (χ2n) is 4.41. The summed E-state index contributed by atoms with van der Waals surface area (Å²) in [4.78, 5) is 18.6. The van der Waals surface area contributed by atoms with Crippen LogP contribution < -0.4 is 10.2 Å². The molecule has 1 N–H and O–H groups in total. The zero-order chi connectivity index (χ0) is 15.6. The molecule has 8 heteroatoms. The molecule has 112 valence electrons. The molecule has 1 atom stereocenters. The van der Waals surface area contributed by atoms with E-state index in [4.69, 9.17) is 28.6 Å². The molecule has 2 heterocycles. The van der Waals surface area contributed by atoms with Gasteiger partial charge in [-0.3, -0.25) is 0 Å². The second-order valence-corrected chi connectivity index (χ2v) is 6.14. The van der Waals surface area contributed by atoms with E-state index < -0.39 is 6.09 Å². The Morgan fingerprint density at radius 3 is 3.00 bits per heavy atom. The summed E-state index contributed by atoms with van der Waals surface area (Å²) in [5, 5.41) is 3.38. The van der Waals surface area contributed by atoms with Gasteiger partial charge in [-0.1, -0.05) is 30.4 Å². The Morgan fingerprint density at radius 1 is 1.67 bits per heavy atom. The normalized spacial score (nSPS) is 17.0. The van der Waals surface area contributed by atoms with E-state index in [1.54, 1.807) is 30.8 Å². The van der Waals surface area contributed by atoms with Crippen molar-refractivity contribution in [3.63, 3.8) is 0 Å². The first-order chi connectivity index (χ1) is 9.93. The number of carbonyl (C=O) groups excluding carboxylic acids is 1. The van der Waals surface area contributed by atoms with Crippen LogP contribution in [0.15, 0.2) is 24.5 Å². The number of fused-ring (bicyclic) bond motifs is 1. The fraction of sp³-hybridized carbons (Fsp3) is 0.308. The number of anilines is 2. The highest BCUT2D eigenvalue weighted by molar-refractivity contribution is 7.98. The molecule has 2 rings (SSSR count). The van der Waals surface area contributed by atoms with Crippen molar-refractivity contribution in [3.8, 4) is 0 Å². The average molecular weight is 344 g/mol.